The quantitative estimate of drug-likeness (QED) is 0.727. The normalized spacial score (nSPS) is 18.5. The number of rotatable bonds is 4. The molecular formula is C20H19N5O3. The number of benzene rings is 2. The molecule has 2 unspecified atom stereocenters. The fourth-order valence-corrected chi connectivity index (χ4v) is 3.63. The van der Waals surface area contributed by atoms with Gasteiger partial charge in [-0.1, -0.05) is 30.3 Å². The molecule has 2 heterocycles. The smallest absolute Gasteiger partial charge is 0.254 e. The second-order valence-electron chi connectivity index (χ2n) is 6.52. The highest BCUT2D eigenvalue weighted by atomic mass is 16.5. The lowest BCUT2D eigenvalue weighted by atomic mass is 9.79. The van der Waals surface area contributed by atoms with Gasteiger partial charge in [-0.3, -0.25) is 14.9 Å². The van der Waals surface area contributed by atoms with Crippen LogP contribution in [0.15, 0.2) is 54.9 Å². The van der Waals surface area contributed by atoms with E-state index >= 15 is 0 Å². The molecule has 1 aliphatic heterocycles. The molecule has 8 heteroatoms. The lowest BCUT2D eigenvalue weighted by Crippen LogP contribution is -2.44. The van der Waals surface area contributed by atoms with Crippen molar-refractivity contribution >= 4 is 17.8 Å². The summed E-state index contributed by atoms with van der Waals surface area (Å²) in [6.07, 6.45) is 1.32. The van der Waals surface area contributed by atoms with Crippen molar-refractivity contribution in [2.24, 2.45) is 0 Å². The third-order valence-corrected chi connectivity index (χ3v) is 4.98. The number of methoxy groups -OCH3 is 1. The van der Waals surface area contributed by atoms with E-state index in [-0.39, 0.29) is 17.8 Å². The Morgan fingerprint density at radius 2 is 1.93 bits per heavy atom. The molecule has 0 radical (unpaired) electrons. The van der Waals surface area contributed by atoms with Crippen molar-refractivity contribution in [2.45, 2.75) is 12.0 Å². The molecule has 1 aliphatic rings. The van der Waals surface area contributed by atoms with Gasteiger partial charge >= 0.3 is 0 Å². The van der Waals surface area contributed by atoms with Crippen LogP contribution in [0.3, 0.4) is 0 Å². The summed E-state index contributed by atoms with van der Waals surface area (Å²) in [4.78, 5) is 31.7. The molecule has 2 atom stereocenters. The Bertz CT molecular complexity index is 1000. The molecule has 3 aromatic rings. The molecule has 2 N–H and O–H groups in total. The molecule has 142 valence electrons. The van der Waals surface area contributed by atoms with E-state index in [4.69, 9.17) is 4.74 Å². The van der Waals surface area contributed by atoms with Crippen LogP contribution in [-0.2, 0) is 4.79 Å². The van der Waals surface area contributed by atoms with E-state index in [0.717, 1.165) is 5.56 Å². The minimum atomic E-state index is -0.614. The molecule has 2 amide bonds. The maximum atomic E-state index is 13.2. The van der Waals surface area contributed by atoms with Gasteiger partial charge in [0.15, 0.2) is 0 Å². The van der Waals surface area contributed by atoms with Gasteiger partial charge in [-0.25, -0.2) is 5.10 Å². The number of anilines is 1. The first-order chi connectivity index (χ1) is 13.6. The van der Waals surface area contributed by atoms with Crippen LogP contribution in [0.2, 0.25) is 0 Å². The summed E-state index contributed by atoms with van der Waals surface area (Å²) >= 11 is 0. The Morgan fingerprint density at radius 1 is 1.18 bits per heavy atom. The molecule has 0 saturated heterocycles. The largest absolute Gasteiger partial charge is 0.497 e. The second kappa shape index (κ2) is 7.15. The summed E-state index contributed by atoms with van der Waals surface area (Å²) < 4.78 is 5.23. The summed E-state index contributed by atoms with van der Waals surface area (Å²) in [5, 5.41) is 9.15. The molecule has 2 aromatic carbocycles. The van der Waals surface area contributed by atoms with Gasteiger partial charge in [0.2, 0.25) is 11.9 Å². The summed E-state index contributed by atoms with van der Waals surface area (Å²) in [6, 6.07) is 14.1. The molecule has 0 spiro atoms. The first-order valence-corrected chi connectivity index (χ1v) is 8.76. The van der Waals surface area contributed by atoms with Crippen molar-refractivity contribution in [3.05, 3.63) is 71.5 Å². The van der Waals surface area contributed by atoms with E-state index in [1.54, 1.807) is 31.2 Å². The number of hydrogen-bond acceptors (Lipinski definition) is 5. The Kier molecular flexibility index (Phi) is 4.52. The average molecular weight is 377 g/mol. The van der Waals surface area contributed by atoms with Crippen molar-refractivity contribution in [2.75, 3.05) is 19.5 Å². The minimum absolute atomic E-state index is 0.125. The van der Waals surface area contributed by atoms with Crippen LogP contribution in [-0.4, -0.2) is 46.1 Å². The standard InChI is InChI=1S/C20H19N5O3/c1-25-17(12-7-9-13(28-2)10-8-12)16(18(26)23-20-21-11-22-24-20)14-5-3-4-6-15(14)19(25)27/h3-11,16-17H,1-2H3,(H2,21,22,23,24,26). The van der Waals surface area contributed by atoms with Crippen LogP contribution in [0, 0.1) is 0 Å². The second-order valence-corrected chi connectivity index (χ2v) is 6.52. The van der Waals surface area contributed by atoms with Gasteiger partial charge in [-0.05, 0) is 29.3 Å². The van der Waals surface area contributed by atoms with Gasteiger partial charge in [-0.15, -0.1) is 0 Å². The number of carbonyl (C=O) groups is 2. The summed E-state index contributed by atoms with van der Waals surface area (Å²) in [5.41, 5.74) is 2.04. The molecule has 1 aromatic heterocycles. The Balaban J connectivity index is 1.80. The van der Waals surface area contributed by atoms with Gasteiger partial charge in [0.25, 0.3) is 5.91 Å². The van der Waals surface area contributed by atoms with E-state index in [1.165, 1.54) is 6.33 Å². The fraction of sp³-hybridized carbons (Fsp3) is 0.200. The number of nitrogens with zero attached hydrogens (tertiary/aromatic N) is 3. The third kappa shape index (κ3) is 2.98. The zero-order chi connectivity index (χ0) is 19.7. The van der Waals surface area contributed by atoms with E-state index in [1.807, 2.05) is 36.4 Å². The number of aromatic amines is 1. The van der Waals surface area contributed by atoms with Crippen LogP contribution < -0.4 is 10.1 Å². The van der Waals surface area contributed by atoms with Crippen molar-refractivity contribution < 1.29 is 14.3 Å². The number of H-pyrrole nitrogens is 1. The topological polar surface area (TPSA) is 100 Å². The molecule has 8 nitrogen and oxygen atoms in total. The van der Waals surface area contributed by atoms with Crippen molar-refractivity contribution in [1.29, 1.82) is 0 Å². The third-order valence-electron chi connectivity index (χ3n) is 4.98. The number of hydrogen-bond donors (Lipinski definition) is 2. The van der Waals surface area contributed by atoms with E-state index in [2.05, 4.69) is 20.5 Å². The molecule has 0 fully saturated rings. The number of ether oxygens (including phenoxy) is 1. The summed E-state index contributed by atoms with van der Waals surface area (Å²) in [6.45, 7) is 0. The lowest BCUT2D eigenvalue weighted by molar-refractivity contribution is -0.119. The molecular weight excluding hydrogens is 358 g/mol. The predicted molar refractivity (Wildman–Crippen MR) is 102 cm³/mol. The van der Waals surface area contributed by atoms with Gasteiger partial charge in [0.05, 0.1) is 19.1 Å². The van der Waals surface area contributed by atoms with Crippen molar-refractivity contribution in [3.63, 3.8) is 0 Å². The number of carbonyl (C=O) groups excluding carboxylic acids is 2. The van der Waals surface area contributed by atoms with E-state index in [0.29, 0.717) is 16.9 Å². The van der Waals surface area contributed by atoms with Crippen LogP contribution in [0.5, 0.6) is 5.75 Å². The van der Waals surface area contributed by atoms with Gasteiger partial charge < -0.3 is 9.64 Å². The highest BCUT2D eigenvalue weighted by Gasteiger charge is 2.42. The highest BCUT2D eigenvalue weighted by Crippen LogP contribution is 2.42. The van der Waals surface area contributed by atoms with Crippen molar-refractivity contribution in [3.8, 4) is 5.75 Å². The summed E-state index contributed by atoms with van der Waals surface area (Å²) in [5.74, 6) is -0.0472. The predicted octanol–water partition coefficient (Wildman–Crippen LogP) is 2.36. The Morgan fingerprint density at radius 3 is 2.61 bits per heavy atom. The average Bonchev–Trinajstić information content (AvgIpc) is 3.23. The first kappa shape index (κ1) is 17.7. The maximum absolute atomic E-state index is 13.2. The molecule has 4 rings (SSSR count). The van der Waals surface area contributed by atoms with Crippen molar-refractivity contribution in [1.82, 2.24) is 20.1 Å². The molecule has 0 saturated carbocycles. The Labute approximate surface area is 161 Å². The van der Waals surface area contributed by atoms with E-state index < -0.39 is 12.0 Å². The fourth-order valence-electron chi connectivity index (χ4n) is 3.63. The van der Waals surface area contributed by atoms with Gasteiger partial charge in [-0.2, -0.15) is 10.1 Å². The van der Waals surface area contributed by atoms with E-state index in [9.17, 15) is 9.59 Å². The van der Waals surface area contributed by atoms with Crippen LogP contribution >= 0.6 is 0 Å². The molecule has 0 bridgehead atoms. The zero-order valence-electron chi connectivity index (χ0n) is 15.4. The zero-order valence-corrected chi connectivity index (χ0v) is 15.4. The number of aromatic nitrogens is 3. The molecule has 28 heavy (non-hydrogen) atoms. The lowest BCUT2D eigenvalue weighted by Gasteiger charge is -2.39. The van der Waals surface area contributed by atoms with Gasteiger partial charge in [0, 0.05) is 12.6 Å². The first-order valence-electron chi connectivity index (χ1n) is 8.76. The summed E-state index contributed by atoms with van der Waals surface area (Å²) in [7, 11) is 3.30. The monoisotopic (exact) mass is 377 g/mol. The number of likely N-dealkylation sites (N-methyl/N-ethyl adjacent to an activating group) is 1. The SMILES string of the molecule is COc1ccc(C2C(C(=O)Nc3ncn[nH]3)c3ccccc3C(=O)N2C)cc1. The maximum Gasteiger partial charge on any atom is 0.254 e. The van der Waals surface area contributed by atoms with Crippen LogP contribution in [0.1, 0.15) is 33.4 Å². The Hall–Kier alpha value is -3.68. The van der Waals surface area contributed by atoms with Gasteiger partial charge in [0.1, 0.15) is 12.1 Å². The highest BCUT2D eigenvalue weighted by molar-refractivity contribution is 6.03. The number of nitrogens with one attached hydrogen (secondary N) is 2. The molecule has 0 aliphatic carbocycles. The van der Waals surface area contributed by atoms with Crippen LogP contribution in [0.4, 0.5) is 5.95 Å². The number of fused-ring (bicyclic) bond motifs is 1. The minimum Gasteiger partial charge on any atom is -0.497 e. The van der Waals surface area contributed by atoms with Crippen LogP contribution in [0.25, 0.3) is 0 Å². The number of amides is 2.